The fraction of sp³-hybridized carbons (Fsp3) is 0.348. The minimum atomic E-state index is 0.0235. The Balaban J connectivity index is 1.38. The van der Waals surface area contributed by atoms with Gasteiger partial charge in [-0.2, -0.15) is 0 Å². The van der Waals surface area contributed by atoms with Gasteiger partial charge in [0, 0.05) is 31.4 Å². The van der Waals surface area contributed by atoms with Crippen molar-refractivity contribution in [1.29, 1.82) is 0 Å². The summed E-state index contributed by atoms with van der Waals surface area (Å²) in [5.41, 5.74) is 9.06. The highest BCUT2D eigenvalue weighted by molar-refractivity contribution is 6.00. The molecule has 2 aromatic heterocycles. The maximum absolute atomic E-state index is 11.8. The largest absolute Gasteiger partial charge is 0.454 e. The third-order valence-electron chi connectivity index (χ3n) is 6.25. The molecular weight excluding hydrogens is 394 g/mol. The van der Waals surface area contributed by atoms with E-state index in [1.807, 2.05) is 23.1 Å². The van der Waals surface area contributed by atoms with E-state index >= 15 is 0 Å². The zero-order chi connectivity index (χ0) is 21.4. The van der Waals surface area contributed by atoms with E-state index in [-0.39, 0.29) is 12.7 Å². The van der Waals surface area contributed by atoms with Crippen molar-refractivity contribution in [3.05, 3.63) is 43.4 Å². The molecule has 2 aliphatic heterocycles. The Morgan fingerprint density at radius 3 is 2.84 bits per heavy atom. The number of piperidine rings is 1. The number of hydrogen-bond acceptors (Lipinski definition) is 6. The first kappa shape index (κ1) is 19.4. The number of anilines is 1. The summed E-state index contributed by atoms with van der Waals surface area (Å²) in [4.78, 5) is 22.4. The number of carbonyl (C=O) groups is 1. The first-order valence-electron chi connectivity index (χ1n) is 10.5. The molecule has 0 radical (unpaired) electrons. The number of aryl methyl sites for hydroxylation is 1. The lowest BCUT2D eigenvalue weighted by molar-refractivity contribution is -0.127. The molecule has 1 saturated heterocycles. The van der Waals surface area contributed by atoms with E-state index in [0.29, 0.717) is 11.7 Å². The minimum absolute atomic E-state index is 0.0235. The molecule has 0 bridgehead atoms. The maximum Gasteiger partial charge on any atom is 0.245 e. The average Bonchev–Trinajstić information content (AvgIpc) is 3.42. The number of benzene rings is 1. The second kappa shape index (κ2) is 7.94. The summed E-state index contributed by atoms with van der Waals surface area (Å²) < 4.78 is 13.1. The standard InChI is InChI=1S/C23H25N5O3/c1-2-20(29)27-8-5-15(6-9-27)7-10-28-12-17(21-22(24)25-13-26-23(21)28)16-3-4-18-19(11-16)31-14-30-18/h2-4,11-13,15H,1,5-10,14H2,(H2,24,25,26). The highest BCUT2D eigenvalue weighted by Gasteiger charge is 2.23. The molecule has 3 aromatic rings. The normalized spacial score (nSPS) is 16.1. The summed E-state index contributed by atoms with van der Waals surface area (Å²) in [6.07, 6.45) is 8.04. The first-order chi connectivity index (χ1) is 15.1. The third-order valence-corrected chi connectivity index (χ3v) is 6.25. The van der Waals surface area contributed by atoms with E-state index in [0.717, 1.165) is 72.6 Å². The molecule has 8 heteroatoms. The van der Waals surface area contributed by atoms with Crippen LogP contribution in [0.5, 0.6) is 11.5 Å². The van der Waals surface area contributed by atoms with Crippen LogP contribution in [0.15, 0.2) is 43.4 Å². The summed E-state index contributed by atoms with van der Waals surface area (Å²) in [5, 5.41) is 0.854. The van der Waals surface area contributed by atoms with Gasteiger partial charge in [0.15, 0.2) is 11.5 Å². The fourth-order valence-corrected chi connectivity index (χ4v) is 4.49. The van der Waals surface area contributed by atoms with Gasteiger partial charge in [0.25, 0.3) is 0 Å². The molecule has 160 valence electrons. The van der Waals surface area contributed by atoms with Crippen molar-refractivity contribution in [2.75, 3.05) is 25.6 Å². The fourth-order valence-electron chi connectivity index (χ4n) is 4.49. The lowest BCUT2D eigenvalue weighted by atomic mass is 9.93. The molecular formula is C23H25N5O3. The smallest absolute Gasteiger partial charge is 0.245 e. The predicted octanol–water partition coefficient (Wildman–Crippen LogP) is 3.22. The highest BCUT2D eigenvalue weighted by Crippen LogP contribution is 2.39. The van der Waals surface area contributed by atoms with Crippen molar-refractivity contribution >= 4 is 22.8 Å². The second-order valence-electron chi connectivity index (χ2n) is 8.02. The van der Waals surface area contributed by atoms with Crippen molar-refractivity contribution in [2.24, 2.45) is 5.92 Å². The van der Waals surface area contributed by atoms with Crippen LogP contribution in [0.2, 0.25) is 0 Å². The SMILES string of the molecule is C=CC(=O)N1CCC(CCn2cc(-c3ccc4c(c3)OCO4)c3c(N)ncnc32)CC1. The van der Waals surface area contributed by atoms with Crippen LogP contribution in [0.3, 0.4) is 0 Å². The number of fused-ring (bicyclic) bond motifs is 2. The molecule has 8 nitrogen and oxygen atoms in total. The summed E-state index contributed by atoms with van der Waals surface area (Å²) in [6, 6.07) is 5.89. The zero-order valence-corrected chi connectivity index (χ0v) is 17.3. The summed E-state index contributed by atoms with van der Waals surface area (Å²) in [5.74, 6) is 2.54. The van der Waals surface area contributed by atoms with Gasteiger partial charge in [-0.1, -0.05) is 12.6 Å². The lowest BCUT2D eigenvalue weighted by Gasteiger charge is -2.31. The molecule has 31 heavy (non-hydrogen) atoms. The van der Waals surface area contributed by atoms with Gasteiger partial charge in [-0.25, -0.2) is 9.97 Å². The van der Waals surface area contributed by atoms with Crippen molar-refractivity contribution in [3.8, 4) is 22.6 Å². The van der Waals surface area contributed by atoms with Crippen LogP contribution in [0.25, 0.3) is 22.2 Å². The molecule has 0 aliphatic carbocycles. The van der Waals surface area contributed by atoms with E-state index in [2.05, 4.69) is 27.3 Å². The van der Waals surface area contributed by atoms with Crippen LogP contribution in [-0.4, -0.2) is 45.2 Å². The zero-order valence-electron chi connectivity index (χ0n) is 17.3. The highest BCUT2D eigenvalue weighted by atomic mass is 16.7. The van der Waals surface area contributed by atoms with Gasteiger partial charge >= 0.3 is 0 Å². The molecule has 0 saturated carbocycles. The first-order valence-corrected chi connectivity index (χ1v) is 10.5. The molecule has 0 spiro atoms. The Bertz CT molecular complexity index is 1150. The topological polar surface area (TPSA) is 95.5 Å². The average molecular weight is 419 g/mol. The molecule has 2 aliphatic rings. The number of nitrogens with two attached hydrogens (primary N) is 1. The number of ether oxygens (including phenoxy) is 2. The minimum Gasteiger partial charge on any atom is -0.454 e. The lowest BCUT2D eigenvalue weighted by Crippen LogP contribution is -2.37. The Hall–Kier alpha value is -3.55. The Morgan fingerprint density at radius 2 is 2.03 bits per heavy atom. The summed E-state index contributed by atoms with van der Waals surface area (Å²) >= 11 is 0. The van der Waals surface area contributed by atoms with Crippen molar-refractivity contribution in [3.63, 3.8) is 0 Å². The quantitative estimate of drug-likeness (QED) is 0.638. The van der Waals surface area contributed by atoms with Crippen molar-refractivity contribution < 1.29 is 14.3 Å². The van der Waals surface area contributed by atoms with E-state index in [1.165, 1.54) is 12.4 Å². The Kier molecular flexibility index (Phi) is 4.97. The molecule has 1 amide bonds. The summed E-state index contributed by atoms with van der Waals surface area (Å²) in [6.45, 7) is 6.23. The van der Waals surface area contributed by atoms with Gasteiger partial charge in [0.2, 0.25) is 12.7 Å². The van der Waals surface area contributed by atoms with Crippen LogP contribution in [0, 0.1) is 5.92 Å². The van der Waals surface area contributed by atoms with Crippen LogP contribution in [0.1, 0.15) is 19.3 Å². The number of hydrogen-bond donors (Lipinski definition) is 1. The van der Waals surface area contributed by atoms with E-state index < -0.39 is 0 Å². The van der Waals surface area contributed by atoms with Crippen LogP contribution >= 0.6 is 0 Å². The van der Waals surface area contributed by atoms with E-state index in [4.69, 9.17) is 15.2 Å². The number of rotatable bonds is 5. The molecule has 1 fully saturated rings. The molecule has 4 heterocycles. The predicted molar refractivity (Wildman–Crippen MR) is 118 cm³/mol. The number of likely N-dealkylation sites (tertiary alicyclic amines) is 1. The number of nitrogens with zero attached hydrogens (tertiary/aromatic N) is 4. The number of carbonyl (C=O) groups excluding carboxylic acids is 1. The molecule has 1 aromatic carbocycles. The molecule has 2 N–H and O–H groups in total. The number of amides is 1. The van der Waals surface area contributed by atoms with E-state index in [9.17, 15) is 4.79 Å². The van der Waals surface area contributed by atoms with Gasteiger partial charge < -0.3 is 24.7 Å². The summed E-state index contributed by atoms with van der Waals surface area (Å²) in [7, 11) is 0. The van der Waals surface area contributed by atoms with Crippen LogP contribution in [-0.2, 0) is 11.3 Å². The van der Waals surface area contributed by atoms with Crippen molar-refractivity contribution in [1.82, 2.24) is 19.4 Å². The molecule has 5 rings (SSSR count). The maximum atomic E-state index is 11.8. The van der Waals surface area contributed by atoms with Gasteiger partial charge in [0.05, 0.1) is 5.39 Å². The monoisotopic (exact) mass is 419 g/mol. The Morgan fingerprint density at radius 1 is 1.23 bits per heavy atom. The van der Waals surface area contributed by atoms with Gasteiger partial charge in [-0.3, -0.25) is 4.79 Å². The van der Waals surface area contributed by atoms with Gasteiger partial charge in [-0.05, 0) is 49.0 Å². The third kappa shape index (κ3) is 3.58. The second-order valence-corrected chi connectivity index (χ2v) is 8.02. The van der Waals surface area contributed by atoms with E-state index in [1.54, 1.807) is 0 Å². The van der Waals surface area contributed by atoms with Crippen LogP contribution < -0.4 is 15.2 Å². The van der Waals surface area contributed by atoms with Gasteiger partial charge in [0.1, 0.15) is 17.8 Å². The Labute approximate surface area is 180 Å². The molecule has 0 atom stereocenters. The van der Waals surface area contributed by atoms with Crippen LogP contribution in [0.4, 0.5) is 5.82 Å². The number of nitrogen functional groups attached to an aromatic ring is 1. The molecule has 0 unspecified atom stereocenters. The van der Waals surface area contributed by atoms with Crippen molar-refractivity contribution in [2.45, 2.75) is 25.8 Å². The number of aromatic nitrogens is 3. The van der Waals surface area contributed by atoms with Gasteiger partial charge in [-0.15, -0.1) is 0 Å².